The van der Waals surface area contributed by atoms with Crippen molar-refractivity contribution < 1.29 is 23.3 Å². The molecule has 11 rings (SSSR count). The summed E-state index contributed by atoms with van der Waals surface area (Å²) < 4.78 is 39.7. The SMILES string of the molecule is COCOc1ccc(-c2cccc(-n3c(C)ccc3C)n2)c2ccccc12.COCOc1ccc(-c2cccc(N)n2)c2ccccc12.Cc1ccc(C)n1-c1cccc(-c2ccc(F)c3ccccc23)n1.NCl. The van der Waals surface area contributed by atoms with Gasteiger partial charge in [-0.25, -0.2) is 24.6 Å². The van der Waals surface area contributed by atoms with Crippen molar-refractivity contribution in [2.45, 2.75) is 27.7 Å². The normalized spacial score (nSPS) is 10.8. The average Bonchev–Trinajstić information content (AvgIpc) is 3.97. The van der Waals surface area contributed by atoms with Crippen molar-refractivity contribution in [3.8, 4) is 56.9 Å². The van der Waals surface area contributed by atoms with Crippen LogP contribution in [-0.2, 0) is 9.47 Å². The molecule has 0 atom stereocenters. The molecule has 374 valence electrons. The van der Waals surface area contributed by atoms with Crippen LogP contribution in [0.1, 0.15) is 22.8 Å². The molecule has 4 N–H and O–H groups in total. The summed E-state index contributed by atoms with van der Waals surface area (Å²) in [5, 5.41) is 9.73. The Morgan fingerprint density at radius 1 is 0.405 bits per heavy atom. The van der Waals surface area contributed by atoms with E-state index in [0.717, 1.165) is 95.2 Å². The standard InChI is InChI=1S/C23H22N2O2.C21H17FN2.C17H16N2O2.ClH2N/c1-16-11-12-17(2)25(16)23-10-6-9-21(24-23)19-13-14-22(27-15-26-3)20-8-5-4-7-18(19)20;1-14-10-11-15(2)24(14)21-9-5-8-20(23-21)18-12-13-19(22)17-7-4-3-6-16(17)18;1-20-11-21-16-10-9-13(12-5-2-3-6-14(12)16)15-7-4-8-17(18)19-15;1-2/h4-14H,15H2,1-3H3;3-13H,1-2H3;2-10H,11H2,1H3,(H2,18,19);2H2. The fourth-order valence-electron chi connectivity index (χ4n) is 9.03. The van der Waals surface area contributed by atoms with Gasteiger partial charge in [-0.2, -0.15) is 0 Å². The van der Waals surface area contributed by atoms with Gasteiger partial charge >= 0.3 is 0 Å². The number of nitrogen functional groups attached to an aromatic ring is 1. The molecule has 0 radical (unpaired) electrons. The molecule has 0 aliphatic rings. The monoisotopic (exact) mass is 1010 g/mol. The number of benzene rings is 6. The van der Waals surface area contributed by atoms with E-state index < -0.39 is 0 Å². The minimum absolute atomic E-state index is 0.206. The maximum atomic E-state index is 14.1. The fraction of sp³-hybridized carbons (Fsp3) is 0.131. The lowest BCUT2D eigenvalue weighted by Crippen LogP contribution is -2.02. The Balaban J connectivity index is 0.000000146. The van der Waals surface area contributed by atoms with Gasteiger partial charge in [0.25, 0.3) is 0 Å². The topological polar surface area (TPSA) is 137 Å². The number of methoxy groups -OCH3 is 2. The first-order valence-electron chi connectivity index (χ1n) is 23.8. The van der Waals surface area contributed by atoms with Crippen molar-refractivity contribution >= 4 is 49.9 Å². The molecule has 6 aromatic carbocycles. The van der Waals surface area contributed by atoms with Crippen molar-refractivity contribution in [1.82, 2.24) is 24.1 Å². The average molecular weight is 1010 g/mol. The Kier molecular flexibility index (Phi) is 17.1. The Morgan fingerprint density at radius 2 is 0.757 bits per heavy atom. The van der Waals surface area contributed by atoms with Gasteiger partial charge in [0.05, 0.1) is 17.1 Å². The zero-order chi connectivity index (χ0) is 52.1. The number of halogens is 2. The summed E-state index contributed by atoms with van der Waals surface area (Å²) in [5.74, 6) is 3.71. The lowest BCUT2D eigenvalue weighted by atomic mass is 10.0. The highest BCUT2D eigenvalue weighted by molar-refractivity contribution is 6.11. The zero-order valence-corrected chi connectivity index (χ0v) is 42.8. The van der Waals surface area contributed by atoms with Crippen LogP contribution < -0.4 is 20.5 Å². The van der Waals surface area contributed by atoms with Crippen LogP contribution in [0.4, 0.5) is 10.2 Å². The predicted octanol–water partition coefficient (Wildman–Crippen LogP) is 14.3. The molecule has 11 aromatic rings. The number of fused-ring (bicyclic) bond motifs is 3. The number of hydrogen-bond acceptors (Lipinski definition) is 9. The van der Waals surface area contributed by atoms with Crippen molar-refractivity contribution in [2.24, 2.45) is 5.25 Å². The summed E-state index contributed by atoms with van der Waals surface area (Å²) in [4.78, 5) is 14.2. The van der Waals surface area contributed by atoms with Gasteiger partial charge in [0.15, 0.2) is 13.6 Å². The number of pyridine rings is 3. The molecule has 5 aromatic heterocycles. The molecule has 0 bridgehead atoms. The zero-order valence-electron chi connectivity index (χ0n) is 42.1. The Morgan fingerprint density at radius 3 is 1.16 bits per heavy atom. The van der Waals surface area contributed by atoms with Crippen LogP contribution in [0, 0.1) is 33.5 Å². The second kappa shape index (κ2) is 24.4. The molecule has 11 nitrogen and oxygen atoms in total. The minimum Gasteiger partial charge on any atom is -0.467 e. The summed E-state index contributed by atoms with van der Waals surface area (Å²) in [6.45, 7) is 8.77. The second-order valence-electron chi connectivity index (χ2n) is 17.2. The molecule has 5 heterocycles. The van der Waals surface area contributed by atoms with E-state index in [0.29, 0.717) is 11.2 Å². The van der Waals surface area contributed by atoms with E-state index in [4.69, 9.17) is 34.6 Å². The van der Waals surface area contributed by atoms with E-state index in [1.165, 1.54) is 17.5 Å². The number of nitrogens with two attached hydrogens (primary N) is 2. The molecule has 0 saturated heterocycles. The smallest absolute Gasteiger partial charge is 0.188 e. The van der Waals surface area contributed by atoms with Crippen molar-refractivity contribution in [2.75, 3.05) is 33.5 Å². The molecular formula is C61H57ClFN7O4. The maximum Gasteiger partial charge on any atom is 0.188 e. The van der Waals surface area contributed by atoms with Gasteiger partial charge in [0.2, 0.25) is 0 Å². The molecule has 13 heteroatoms. The van der Waals surface area contributed by atoms with Gasteiger partial charge in [0.1, 0.15) is 34.8 Å². The van der Waals surface area contributed by atoms with Crippen molar-refractivity contribution in [1.29, 1.82) is 0 Å². The van der Waals surface area contributed by atoms with Crippen LogP contribution in [0.15, 0.2) is 188 Å². The van der Waals surface area contributed by atoms with Gasteiger partial charge in [-0.3, -0.25) is 0 Å². The third kappa shape index (κ3) is 11.4. The van der Waals surface area contributed by atoms with Crippen LogP contribution in [0.5, 0.6) is 11.5 Å². The Hall–Kier alpha value is -8.39. The van der Waals surface area contributed by atoms with E-state index >= 15 is 0 Å². The summed E-state index contributed by atoms with van der Waals surface area (Å²) in [6, 6.07) is 61.2. The van der Waals surface area contributed by atoms with Crippen molar-refractivity contribution in [3.63, 3.8) is 0 Å². The molecule has 0 fully saturated rings. The van der Waals surface area contributed by atoms with Crippen LogP contribution in [0.2, 0.25) is 0 Å². The van der Waals surface area contributed by atoms with Crippen LogP contribution in [0.3, 0.4) is 0 Å². The first-order valence-corrected chi connectivity index (χ1v) is 24.2. The number of aromatic nitrogens is 5. The van der Waals surface area contributed by atoms with Gasteiger partial charge in [0, 0.05) is 69.8 Å². The highest BCUT2D eigenvalue weighted by Gasteiger charge is 2.14. The van der Waals surface area contributed by atoms with Gasteiger partial charge in [-0.15, -0.1) is 0 Å². The minimum atomic E-state index is -0.206. The molecule has 0 spiro atoms. The Labute approximate surface area is 435 Å². The second-order valence-corrected chi connectivity index (χ2v) is 17.2. The van der Waals surface area contributed by atoms with Gasteiger partial charge in [-0.05, 0) is 153 Å². The van der Waals surface area contributed by atoms with Crippen molar-refractivity contribution in [3.05, 3.63) is 217 Å². The number of ether oxygens (including phenoxy) is 4. The van der Waals surface area contributed by atoms with E-state index in [2.05, 4.69) is 120 Å². The molecule has 0 aliphatic heterocycles. The molecule has 0 unspecified atom stereocenters. The summed E-state index contributed by atoms with van der Waals surface area (Å²) in [6.07, 6.45) is 0. The molecule has 74 heavy (non-hydrogen) atoms. The third-order valence-corrected chi connectivity index (χ3v) is 12.4. The molecular weight excluding hydrogens is 949 g/mol. The first-order chi connectivity index (χ1) is 36.1. The highest BCUT2D eigenvalue weighted by Crippen LogP contribution is 2.36. The van der Waals surface area contributed by atoms with E-state index in [1.54, 1.807) is 32.4 Å². The molecule has 0 aliphatic carbocycles. The van der Waals surface area contributed by atoms with Crippen LogP contribution in [0.25, 0.3) is 77.7 Å². The largest absolute Gasteiger partial charge is 0.467 e. The number of rotatable bonds is 11. The van der Waals surface area contributed by atoms with Gasteiger partial charge < -0.3 is 33.8 Å². The highest BCUT2D eigenvalue weighted by atomic mass is 35.5. The number of hydrogen-bond donors (Lipinski definition) is 2. The maximum absolute atomic E-state index is 14.1. The fourth-order valence-corrected chi connectivity index (χ4v) is 9.03. The Bertz CT molecular complexity index is 3650. The molecule has 0 saturated carbocycles. The lowest BCUT2D eigenvalue weighted by molar-refractivity contribution is 0.0521. The summed E-state index contributed by atoms with van der Waals surface area (Å²) in [5.41, 5.74) is 16.1. The van der Waals surface area contributed by atoms with E-state index in [-0.39, 0.29) is 19.4 Å². The molecule has 0 amide bonds. The third-order valence-electron chi connectivity index (χ3n) is 12.4. The predicted molar refractivity (Wildman–Crippen MR) is 299 cm³/mol. The lowest BCUT2D eigenvalue weighted by Gasteiger charge is -2.14. The summed E-state index contributed by atoms with van der Waals surface area (Å²) in [7, 11) is 3.23. The van der Waals surface area contributed by atoms with E-state index in [9.17, 15) is 4.39 Å². The first kappa shape index (κ1) is 51.9. The van der Waals surface area contributed by atoms with Gasteiger partial charge in [-0.1, -0.05) is 91.0 Å². The van der Waals surface area contributed by atoms with E-state index in [1.807, 2.05) is 103 Å². The summed E-state index contributed by atoms with van der Waals surface area (Å²) >= 11 is 4.14. The number of aryl methyl sites for hydroxylation is 4. The quantitative estimate of drug-likeness (QED) is 0.0958. The van der Waals surface area contributed by atoms with Crippen LogP contribution >= 0.6 is 11.8 Å². The van der Waals surface area contributed by atoms with Crippen LogP contribution in [-0.4, -0.2) is 51.9 Å². The number of nitrogens with zero attached hydrogens (tertiary/aromatic N) is 5. The number of anilines is 1.